The number of fused-ring (bicyclic) bond motifs is 6. The molecule has 0 saturated heterocycles. The Balaban J connectivity index is 1.22. The first-order chi connectivity index (χ1) is 27.8. The van der Waals surface area contributed by atoms with Gasteiger partial charge in [-0.3, -0.25) is 0 Å². The molecular weight excluding hydrogens is 677 g/mol. The Morgan fingerprint density at radius 1 is 0.321 bits per heavy atom. The highest BCUT2D eigenvalue weighted by Gasteiger charge is 2.23. The second-order valence-electron chi connectivity index (χ2n) is 14.5. The summed E-state index contributed by atoms with van der Waals surface area (Å²) < 4.78 is 2.41. The molecule has 11 aromatic rings. The Kier molecular flexibility index (Phi) is 7.53. The molecule has 0 aliphatic rings. The van der Waals surface area contributed by atoms with Crippen LogP contribution < -0.4 is 4.90 Å². The fraction of sp³-hybridized carbons (Fsp3) is 0. The van der Waals surface area contributed by atoms with Crippen molar-refractivity contribution in [1.82, 2.24) is 4.57 Å². The summed E-state index contributed by atoms with van der Waals surface area (Å²) in [5.41, 5.74) is 11.8. The zero-order valence-corrected chi connectivity index (χ0v) is 30.7. The van der Waals surface area contributed by atoms with E-state index in [2.05, 4.69) is 228 Å². The lowest BCUT2D eigenvalue weighted by molar-refractivity contribution is 1.18. The molecule has 0 aliphatic carbocycles. The lowest BCUT2D eigenvalue weighted by Crippen LogP contribution is -2.11. The van der Waals surface area contributed by atoms with E-state index in [1.54, 1.807) is 0 Å². The summed E-state index contributed by atoms with van der Waals surface area (Å²) >= 11 is 0. The maximum absolute atomic E-state index is 2.47. The highest BCUT2D eigenvalue weighted by atomic mass is 15.1. The SMILES string of the molecule is c1ccc(-c2c3ccccc3c(N(c3ccccc3)c3ccc4c(c3)c3cc(-c5cccc6ccccc56)ccc3n4-c3ccccc3)c3ccccc23)cc1. The van der Waals surface area contributed by atoms with Gasteiger partial charge in [-0.2, -0.15) is 0 Å². The maximum Gasteiger partial charge on any atom is 0.0618 e. The first-order valence-electron chi connectivity index (χ1n) is 19.3. The number of hydrogen-bond donors (Lipinski definition) is 0. The largest absolute Gasteiger partial charge is 0.309 e. The number of benzene rings is 10. The minimum atomic E-state index is 1.11. The van der Waals surface area contributed by atoms with Crippen LogP contribution in [-0.4, -0.2) is 4.57 Å². The van der Waals surface area contributed by atoms with Crippen molar-refractivity contribution in [3.8, 4) is 27.9 Å². The van der Waals surface area contributed by atoms with Gasteiger partial charge in [-0.1, -0.05) is 164 Å². The van der Waals surface area contributed by atoms with Gasteiger partial charge in [0.1, 0.15) is 0 Å². The minimum Gasteiger partial charge on any atom is -0.309 e. The van der Waals surface area contributed by atoms with Crippen LogP contribution in [0.4, 0.5) is 17.1 Å². The number of rotatable bonds is 6. The van der Waals surface area contributed by atoms with E-state index in [0.717, 1.165) is 17.1 Å². The fourth-order valence-electron chi connectivity index (χ4n) is 8.90. The van der Waals surface area contributed by atoms with Gasteiger partial charge in [0.25, 0.3) is 0 Å². The Morgan fingerprint density at radius 2 is 0.857 bits per heavy atom. The molecule has 0 saturated carbocycles. The van der Waals surface area contributed by atoms with E-state index in [-0.39, 0.29) is 0 Å². The molecule has 11 rings (SSSR count). The van der Waals surface area contributed by atoms with Gasteiger partial charge in [0.15, 0.2) is 0 Å². The molecule has 10 aromatic carbocycles. The molecule has 1 aromatic heterocycles. The van der Waals surface area contributed by atoms with Crippen LogP contribution in [-0.2, 0) is 0 Å². The van der Waals surface area contributed by atoms with Crippen LogP contribution in [0.3, 0.4) is 0 Å². The van der Waals surface area contributed by atoms with Crippen molar-refractivity contribution in [3.63, 3.8) is 0 Å². The molecule has 0 spiro atoms. The van der Waals surface area contributed by atoms with E-state index in [4.69, 9.17) is 0 Å². The second kappa shape index (κ2) is 13.2. The van der Waals surface area contributed by atoms with Gasteiger partial charge in [0.2, 0.25) is 0 Å². The molecule has 2 nitrogen and oxygen atoms in total. The average molecular weight is 713 g/mol. The predicted molar refractivity (Wildman–Crippen MR) is 239 cm³/mol. The van der Waals surface area contributed by atoms with Gasteiger partial charge in [-0.05, 0) is 98.4 Å². The molecule has 0 N–H and O–H groups in total. The number of aromatic nitrogens is 1. The Morgan fingerprint density at radius 3 is 1.55 bits per heavy atom. The molecule has 0 radical (unpaired) electrons. The smallest absolute Gasteiger partial charge is 0.0618 e. The third-order valence-electron chi connectivity index (χ3n) is 11.3. The quantitative estimate of drug-likeness (QED) is 0.156. The van der Waals surface area contributed by atoms with Gasteiger partial charge in [-0.15, -0.1) is 0 Å². The van der Waals surface area contributed by atoms with E-state index in [1.165, 1.54) is 82.1 Å². The second-order valence-corrected chi connectivity index (χ2v) is 14.5. The van der Waals surface area contributed by atoms with Gasteiger partial charge in [-0.25, -0.2) is 0 Å². The maximum atomic E-state index is 2.47. The Bertz CT molecular complexity index is 3170. The Hall–Kier alpha value is -7.42. The van der Waals surface area contributed by atoms with Crippen LogP contribution in [0.2, 0.25) is 0 Å². The monoisotopic (exact) mass is 712 g/mol. The van der Waals surface area contributed by atoms with Crippen LogP contribution in [0.25, 0.3) is 82.1 Å². The van der Waals surface area contributed by atoms with Gasteiger partial charge in [0.05, 0.1) is 16.7 Å². The van der Waals surface area contributed by atoms with E-state index < -0.39 is 0 Å². The molecule has 0 fully saturated rings. The molecule has 1 heterocycles. The molecule has 0 unspecified atom stereocenters. The molecule has 56 heavy (non-hydrogen) atoms. The lowest BCUT2D eigenvalue weighted by Gasteiger charge is -2.29. The van der Waals surface area contributed by atoms with Crippen LogP contribution in [0.15, 0.2) is 218 Å². The van der Waals surface area contributed by atoms with E-state index >= 15 is 0 Å². The van der Waals surface area contributed by atoms with Gasteiger partial charge >= 0.3 is 0 Å². The van der Waals surface area contributed by atoms with Crippen LogP contribution in [0, 0.1) is 0 Å². The van der Waals surface area contributed by atoms with Crippen molar-refractivity contribution in [1.29, 1.82) is 0 Å². The number of hydrogen-bond acceptors (Lipinski definition) is 1. The third-order valence-corrected chi connectivity index (χ3v) is 11.3. The van der Waals surface area contributed by atoms with Crippen molar-refractivity contribution >= 4 is 71.2 Å². The minimum absolute atomic E-state index is 1.11. The zero-order valence-electron chi connectivity index (χ0n) is 30.7. The van der Waals surface area contributed by atoms with E-state index in [1.807, 2.05) is 0 Å². The van der Waals surface area contributed by atoms with E-state index in [0.29, 0.717) is 0 Å². The molecular formula is C54H36N2. The predicted octanol–water partition coefficient (Wildman–Crippen LogP) is 15.0. The van der Waals surface area contributed by atoms with E-state index in [9.17, 15) is 0 Å². The molecule has 0 amide bonds. The van der Waals surface area contributed by atoms with Crippen LogP contribution in [0.5, 0.6) is 0 Å². The first kappa shape index (κ1) is 32.0. The zero-order chi connectivity index (χ0) is 37.0. The summed E-state index contributed by atoms with van der Waals surface area (Å²) in [6, 6.07) is 79.5. The number of anilines is 3. The highest BCUT2D eigenvalue weighted by Crippen LogP contribution is 2.49. The molecule has 0 atom stereocenters. The van der Waals surface area contributed by atoms with Gasteiger partial charge in [0, 0.05) is 38.6 Å². The molecule has 0 aliphatic heterocycles. The van der Waals surface area contributed by atoms with Gasteiger partial charge < -0.3 is 9.47 Å². The summed E-state index contributed by atoms with van der Waals surface area (Å²) in [4.78, 5) is 2.47. The standard InChI is InChI=1S/C54H36N2/c1-4-18-38(19-5-1)53-45-26-12-14-28-47(45)54(48-29-15-13-27-46(48)53)55(40-21-6-2-7-22-40)42-32-34-52-50(36-42)49-35-39(44-30-16-20-37-17-10-11-25-43(37)44)31-33-51(49)56(52)41-23-8-3-9-24-41/h1-36H. The number of nitrogens with zero attached hydrogens (tertiary/aromatic N) is 2. The van der Waals surface area contributed by atoms with Crippen molar-refractivity contribution in [3.05, 3.63) is 218 Å². The van der Waals surface area contributed by atoms with Crippen LogP contribution >= 0.6 is 0 Å². The number of para-hydroxylation sites is 2. The lowest BCUT2D eigenvalue weighted by atomic mass is 9.90. The average Bonchev–Trinajstić information content (AvgIpc) is 3.60. The summed E-state index contributed by atoms with van der Waals surface area (Å²) in [6.07, 6.45) is 0. The topological polar surface area (TPSA) is 8.17 Å². The molecule has 262 valence electrons. The van der Waals surface area contributed by atoms with Crippen molar-refractivity contribution < 1.29 is 0 Å². The van der Waals surface area contributed by atoms with Crippen molar-refractivity contribution in [2.75, 3.05) is 4.90 Å². The van der Waals surface area contributed by atoms with Crippen molar-refractivity contribution in [2.45, 2.75) is 0 Å². The highest BCUT2D eigenvalue weighted by molar-refractivity contribution is 6.23. The third kappa shape index (κ3) is 5.11. The summed E-state index contributed by atoms with van der Waals surface area (Å²) in [5, 5.41) is 9.81. The normalized spacial score (nSPS) is 11.6. The summed E-state index contributed by atoms with van der Waals surface area (Å²) in [7, 11) is 0. The first-order valence-corrected chi connectivity index (χ1v) is 19.3. The molecule has 0 bridgehead atoms. The Labute approximate surface area is 325 Å². The van der Waals surface area contributed by atoms with Crippen molar-refractivity contribution in [2.24, 2.45) is 0 Å². The fourth-order valence-corrected chi connectivity index (χ4v) is 8.90. The summed E-state index contributed by atoms with van der Waals surface area (Å²) in [5.74, 6) is 0. The van der Waals surface area contributed by atoms with Crippen LogP contribution in [0.1, 0.15) is 0 Å². The molecule has 2 heteroatoms. The summed E-state index contributed by atoms with van der Waals surface area (Å²) in [6.45, 7) is 0.